The largest absolute Gasteiger partial charge is 0.489 e. The predicted octanol–water partition coefficient (Wildman–Crippen LogP) is 6.16. The summed E-state index contributed by atoms with van der Waals surface area (Å²) in [7, 11) is 0. The van der Waals surface area contributed by atoms with Gasteiger partial charge in [0.2, 0.25) is 0 Å². The molecule has 3 rings (SSSR count). The Labute approximate surface area is 153 Å². The molecular weight excluding hydrogens is 484 g/mol. The van der Waals surface area contributed by atoms with Crippen LogP contribution in [-0.4, -0.2) is 13.2 Å². The van der Waals surface area contributed by atoms with E-state index in [0.29, 0.717) is 19.1 Å². The summed E-state index contributed by atoms with van der Waals surface area (Å²) in [4.78, 5) is 1.37. The smallest absolute Gasteiger partial charge is 0.161 e. The molecule has 0 spiro atoms. The van der Waals surface area contributed by atoms with Gasteiger partial charge >= 0.3 is 0 Å². The van der Waals surface area contributed by atoms with Gasteiger partial charge in [0.15, 0.2) is 11.5 Å². The van der Waals surface area contributed by atoms with Crippen molar-refractivity contribution in [2.45, 2.75) is 11.8 Å². The summed E-state index contributed by atoms with van der Waals surface area (Å²) in [5.41, 5.74) is 1.16. The number of thiophene rings is 1. The van der Waals surface area contributed by atoms with Gasteiger partial charge in [-0.1, -0.05) is 28.9 Å². The normalized spacial score (nSPS) is 19.1. The van der Waals surface area contributed by atoms with Crippen molar-refractivity contribution in [2.75, 3.05) is 13.2 Å². The van der Waals surface area contributed by atoms with Gasteiger partial charge in [-0.05, 0) is 55.6 Å². The lowest BCUT2D eigenvalue weighted by atomic mass is 10.1. The van der Waals surface area contributed by atoms with Gasteiger partial charge in [-0.3, -0.25) is 0 Å². The zero-order valence-corrected chi connectivity index (χ0v) is 16.8. The first kappa shape index (κ1) is 15.8. The molecule has 0 fully saturated rings. The molecule has 0 bridgehead atoms. The molecular formula is C15H13Br3O2S. The Morgan fingerprint density at radius 3 is 2.52 bits per heavy atom. The van der Waals surface area contributed by atoms with Gasteiger partial charge < -0.3 is 9.47 Å². The van der Waals surface area contributed by atoms with Crippen molar-refractivity contribution in [1.82, 2.24) is 0 Å². The summed E-state index contributed by atoms with van der Waals surface area (Å²) in [6, 6.07) is 8.27. The van der Waals surface area contributed by atoms with Crippen molar-refractivity contribution in [2.24, 2.45) is 5.92 Å². The quantitative estimate of drug-likeness (QED) is 0.463. The highest BCUT2D eigenvalue weighted by atomic mass is 79.9. The molecule has 0 radical (unpaired) electrons. The molecule has 2 atom stereocenters. The molecule has 1 aromatic heterocycles. The minimum atomic E-state index is 0.139. The summed E-state index contributed by atoms with van der Waals surface area (Å²) in [6.07, 6.45) is 0. The first-order chi connectivity index (χ1) is 10.0. The van der Waals surface area contributed by atoms with Crippen LogP contribution in [0.15, 0.2) is 32.5 Å². The third-order valence-corrected chi connectivity index (χ3v) is 7.87. The van der Waals surface area contributed by atoms with Crippen LogP contribution in [0.3, 0.4) is 0 Å². The lowest BCUT2D eigenvalue weighted by Gasteiger charge is -2.12. The van der Waals surface area contributed by atoms with Crippen LogP contribution < -0.4 is 9.47 Å². The molecule has 2 unspecified atom stereocenters. The van der Waals surface area contributed by atoms with Crippen LogP contribution in [0, 0.1) is 5.92 Å². The number of alkyl halides is 1. The van der Waals surface area contributed by atoms with Gasteiger partial charge in [-0.2, -0.15) is 0 Å². The van der Waals surface area contributed by atoms with Crippen molar-refractivity contribution in [3.63, 3.8) is 0 Å². The number of halogens is 3. The standard InChI is InChI=1S/C15H13Br3O2S/c1-8-6-19-11-3-2-9(4-12(11)20-7-8)14(17)13-5-10(16)15(18)21-13/h2-5,8,14H,6-7H2,1H3. The Kier molecular flexibility index (Phi) is 4.98. The van der Waals surface area contributed by atoms with Crippen molar-refractivity contribution >= 4 is 59.1 Å². The number of ether oxygens (including phenoxy) is 2. The molecule has 0 saturated carbocycles. The number of hydrogen-bond acceptors (Lipinski definition) is 3. The lowest BCUT2D eigenvalue weighted by Crippen LogP contribution is -2.12. The molecule has 0 saturated heterocycles. The van der Waals surface area contributed by atoms with Crippen LogP contribution in [0.1, 0.15) is 22.2 Å². The topological polar surface area (TPSA) is 18.5 Å². The van der Waals surface area contributed by atoms with Gasteiger partial charge in [-0.25, -0.2) is 0 Å². The van der Waals surface area contributed by atoms with E-state index in [1.165, 1.54) is 4.88 Å². The van der Waals surface area contributed by atoms with E-state index in [0.717, 1.165) is 25.3 Å². The van der Waals surface area contributed by atoms with Gasteiger partial charge in [0.1, 0.15) is 0 Å². The van der Waals surface area contributed by atoms with Gasteiger partial charge in [0.05, 0.1) is 21.8 Å². The van der Waals surface area contributed by atoms with Gasteiger partial charge in [0.25, 0.3) is 0 Å². The Morgan fingerprint density at radius 2 is 1.86 bits per heavy atom. The number of rotatable bonds is 2. The monoisotopic (exact) mass is 494 g/mol. The predicted molar refractivity (Wildman–Crippen MR) is 97.1 cm³/mol. The van der Waals surface area contributed by atoms with Crippen LogP contribution in [-0.2, 0) is 0 Å². The maximum absolute atomic E-state index is 5.86. The second-order valence-corrected chi connectivity index (χ2v) is 9.24. The Hall–Kier alpha value is -0.0400. The second-order valence-electron chi connectivity index (χ2n) is 5.07. The fourth-order valence-corrected chi connectivity index (χ4v) is 4.87. The van der Waals surface area contributed by atoms with Crippen molar-refractivity contribution in [3.05, 3.63) is 43.0 Å². The van der Waals surface area contributed by atoms with Crippen molar-refractivity contribution in [3.8, 4) is 11.5 Å². The third kappa shape index (κ3) is 3.49. The van der Waals surface area contributed by atoms with E-state index in [1.54, 1.807) is 11.3 Å². The van der Waals surface area contributed by atoms with E-state index in [-0.39, 0.29) is 4.83 Å². The highest BCUT2D eigenvalue weighted by Crippen LogP contribution is 2.43. The summed E-state index contributed by atoms with van der Waals surface area (Å²) in [6.45, 7) is 3.52. The molecule has 21 heavy (non-hydrogen) atoms. The molecule has 1 aromatic carbocycles. The Bertz CT molecular complexity index is 637. The maximum atomic E-state index is 5.86. The summed E-state index contributed by atoms with van der Waals surface area (Å²) in [5.74, 6) is 2.07. The highest BCUT2D eigenvalue weighted by Gasteiger charge is 2.19. The number of benzene rings is 1. The van der Waals surface area contributed by atoms with E-state index in [2.05, 4.69) is 72.9 Å². The first-order valence-corrected chi connectivity index (χ1v) is 9.84. The minimum Gasteiger partial charge on any atom is -0.489 e. The summed E-state index contributed by atoms with van der Waals surface area (Å²) < 4.78 is 13.8. The summed E-state index contributed by atoms with van der Waals surface area (Å²) in [5, 5.41) is 0. The number of fused-ring (bicyclic) bond motifs is 1. The third-order valence-electron chi connectivity index (χ3n) is 3.22. The van der Waals surface area contributed by atoms with Crippen molar-refractivity contribution in [1.29, 1.82) is 0 Å². The van der Waals surface area contributed by atoms with Gasteiger partial charge in [0, 0.05) is 15.3 Å². The van der Waals surface area contributed by atoms with E-state index >= 15 is 0 Å². The highest BCUT2D eigenvalue weighted by molar-refractivity contribution is 9.13. The zero-order chi connectivity index (χ0) is 15.0. The van der Waals surface area contributed by atoms with E-state index in [1.807, 2.05) is 6.07 Å². The van der Waals surface area contributed by atoms with Gasteiger partial charge in [-0.15, -0.1) is 11.3 Å². The molecule has 0 aliphatic carbocycles. The molecule has 0 N–H and O–H groups in total. The van der Waals surface area contributed by atoms with Crippen LogP contribution >= 0.6 is 59.1 Å². The van der Waals surface area contributed by atoms with Crippen LogP contribution in [0.5, 0.6) is 11.5 Å². The molecule has 6 heteroatoms. The summed E-state index contributed by atoms with van der Waals surface area (Å²) >= 11 is 12.6. The molecule has 112 valence electrons. The maximum Gasteiger partial charge on any atom is 0.161 e. The van der Waals surface area contributed by atoms with E-state index in [9.17, 15) is 0 Å². The molecule has 1 aliphatic heterocycles. The lowest BCUT2D eigenvalue weighted by molar-refractivity contribution is 0.228. The van der Waals surface area contributed by atoms with Crippen LogP contribution in [0.4, 0.5) is 0 Å². The molecule has 2 aromatic rings. The molecule has 2 nitrogen and oxygen atoms in total. The second kappa shape index (κ2) is 6.60. The van der Waals surface area contributed by atoms with Crippen molar-refractivity contribution < 1.29 is 9.47 Å². The Morgan fingerprint density at radius 1 is 1.14 bits per heavy atom. The van der Waals surface area contributed by atoms with Crippen LogP contribution in [0.25, 0.3) is 0 Å². The zero-order valence-electron chi connectivity index (χ0n) is 11.2. The first-order valence-electron chi connectivity index (χ1n) is 6.53. The average Bonchev–Trinajstić information content (AvgIpc) is 2.70. The molecule has 0 amide bonds. The Balaban J connectivity index is 1.89. The van der Waals surface area contributed by atoms with E-state index in [4.69, 9.17) is 9.47 Å². The molecule has 1 aliphatic rings. The SMILES string of the molecule is CC1COc2ccc(C(Br)c3cc(Br)c(Br)s3)cc2OC1. The average molecular weight is 497 g/mol. The minimum absolute atomic E-state index is 0.139. The fourth-order valence-electron chi connectivity index (χ4n) is 2.08. The van der Waals surface area contributed by atoms with Crippen LogP contribution in [0.2, 0.25) is 0 Å². The number of hydrogen-bond donors (Lipinski definition) is 0. The van der Waals surface area contributed by atoms with E-state index < -0.39 is 0 Å². The fraction of sp³-hybridized carbons (Fsp3) is 0.333. The molecule has 2 heterocycles.